The van der Waals surface area contributed by atoms with Gasteiger partial charge in [0.1, 0.15) is 5.82 Å². The van der Waals surface area contributed by atoms with Gasteiger partial charge >= 0.3 is 0 Å². The Labute approximate surface area is 112 Å². The summed E-state index contributed by atoms with van der Waals surface area (Å²) in [6.45, 7) is 0. The van der Waals surface area contributed by atoms with E-state index in [-0.39, 0.29) is 0 Å². The number of imidazole rings is 1. The van der Waals surface area contributed by atoms with E-state index in [9.17, 15) is 0 Å². The standard InChI is InChI=1S/C14H18ClN3/c1-16-11-5-2-9(3-6-11)14-17-12-7-4-10(15)8-13(12)18-14/h4,7-9,11,16H,2-3,5-6H2,1H3,(H,17,18). The maximum Gasteiger partial charge on any atom is 0.110 e. The molecule has 1 saturated carbocycles. The zero-order valence-corrected chi connectivity index (χ0v) is 11.3. The molecule has 0 bridgehead atoms. The average Bonchev–Trinajstić information content (AvgIpc) is 2.81. The number of rotatable bonds is 2. The summed E-state index contributed by atoms with van der Waals surface area (Å²) < 4.78 is 0. The maximum atomic E-state index is 6.00. The molecule has 3 rings (SSSR count). The molecule has 0 aliphatic heterocycles. The number of fused-ring (bicyclic) bond motifs is 1. The Morgan fingerprint density at radius 2 is 2.06 bits per heavy atom. The summed E-state index contributed by atoms with van der Waals surface area (Å²) in [5, 5.41) is 4.12. The number of H-pyrrole nitrogens is 1. The lowest BCUT2D eigenvalue weighted by Gasteiger charge is -2.26. The van der Waals surface area contributed by atoms with Gasteiger partial charge in [-0.3, -0.25) is 0 Å². The third-order valence-corrected chi connectivity index (χ3v) is 4.22. The van der Waals surface area contributed by atoms with Crippen LogP contribution in [0.3, 0.4) is 0 Å². The van der Waals surface area contributed by atoms with Crippen molar-refractivity contribution < 1.29 is 0 Å². The van der Waals surface area contributed by atoms with Crippen LogP contribution in [0.15, 0.2) is 18.2 Å². The van der Waals surface area contributed by atoms with E-state index in [1.54, 1.807) is 0 Å². The first-order chi connectivity index (χ1) is 8.76. The minimum atomic E-state index is 0.570. The monoisotopic (exact) mass is 263 g/mol. The number of nitrogens with one attached hydrogen (secondary N) is 2. The topological polar surface area (TPSA) is 40.7 Å². The van der Waals surface area contributed by atoms with Crippen LogP contribution in [0.25, 0.3) is 11.0 Å². The minimum absolute atomic E-state index is 0.570. The summed E-state index contributed by atoms with van der Waals surface area (Å²) >= 11 is 6.00. The number of nitrogens with zero attached hydrogens (tertiary/aromatic N) is 1. The third-order valence-electron chi connectivity index (χ3n) is 3.98. The highest BCUT2D eigenvalue weighted by molar-refractivity contribution is 6.31. The Bertz CT molecular complexity index is 541. The Morgan fingerprint density at radius 1 is 1.28 bits per heavy atom. The van der Waals surface area contributed by atoms with Crippen molar-refractivity contribution in [3.8, 4) is 0 Å². The van der Waals surface area contributed by atoms with Gasteiger partial charge in [-0.05, 0) is 50.9 Å². The first-order valence-corrected chi connectivity index (χ1v) is 6.96. The second-order valence-electron chi connectivity index (χ2n) is 5.12. The molecule has 96 valence electrons. The van der Waals surface area contributed by atoms with E-state index < -0.39 is 0 Å². The average molecular weight is 264 g/mol. The van der Waals surface area contributed by atoms with Crippen LogP contribution in [0, 0.1) is 0 Å². The largest absolute Gasteiger partial charge is 0.342 e. The molecular weight excluding hydrogens is 246 g/mol. The highest BCUT2D eigenvalue weighted by Crippen LogP contribution is 2.32. The first kappa shape index (κ1) is 12.0. The Balaban J connectivity index is 1.82. The molecule has 1 aliphatic rings. The SMILES string of the molecule is CNC1CCC(c2nc3ccc(Cl)cc3[nH]2)CC1. The molecule has 0 spiro atoms. The van der Waals surface area contributed by atoms with Gasteiger partial charge in [-0.2, -0.15) is 0 Å². The van der Waals surface area contributed by atoms with Crippen molar-refractivity contribution in [2.24, 2.45) is 0 Å². The van der Waals surface area contributed by atoms with Gasteiger partial charge in [0.15, 0.2) is 0 Å². The maximum absolute atomic E-state index is 6.00. The predicted octanol–water partition coefficient (Wildman–Crippen LogP) is 3.46. The number of aromatic nitrogens is 2. The second kappa shape index (κ2) is 4.90. The van der Waals surface area contributed by atoms with Gasteiger partial charge in [0, 0.05) is 17.0 Å². The van der Waals surface area contributed by atoms with E-state index in [1.807, 2.05) is 25.2 Å². The quantitative estimate of drug-likeness (QED) is 0.871. The molecule has 18 heavy (non-hydrogen) atoms. The molecule has 1 aromatic heterocycles. The molecule has 1 aromatic carbocycles. The second-order valence-corrected chi connectivity index (χ2v) is 5.56. The molecule has 2 aromatic rings. The minimum Gasteiger partial charge on any atom is -0.342 e. The van der Waals surface area contributed by atoms with Crippen molar-refractivity contribution in [2.75, 3.05) is 7.05 Å². The number of benzene rings is 1. The lowest BCUT2D eigenvalue weighted by atomic mass is 9.86. The van der Waals surface area contributed by atoms with Crippen molar-refractivity contribution in [3.05, 3.63) is 29.0 Å². The van der Waals surface area contributed by atoms with Gasteiger partial charge in [0.05, 0.1) is 11.0 Å². The van der Waals surface area contributed by atoms with Crippen LogP contribution in [0.5, 0.6) is 0 Å². The smallest absolute Gasteiger partial charge is 0.110 e. The normalized spacial score (nSPS) is 24.6. The highest BCUT2D eigenvalue weighted by atomic mass is 35.5. The number of aromatic amines is 1. The molecule has 1 fully saturated rings. The molecule has 1 aliphatic carbocycles. The van der Waals surface area contributed by atoms with Gasteiger partial charge in [-0.1, -0.05) is 11.6 Å². The lowest BCUT2D eigenvalue weighted by Crippen LogP contribution is -2.29. The number of halogens is 1. The van der Waals surface area contributed by atoms with Crippen LogP contribution in [-0.4, -0.2) is 23.1 Å². The molecule has 4 heteroatoms. The van der Waals surface area contributed by atoms with Crippen molar-refractivity contribution in [2.45, 2.75) is 37.6 Å². The zero-order valence-electron chi connectivity index (χ0n) is 10.5. The van der Waals surface area contributed by atoms with E-state index in [0.29, 0.717) is 12.0 Å². The summed E-state index contributed by atoms with van der Waals surface area (Å²) in [5.41, 5.74) is 2.07. The van der Waals surface area contributed by atoms with Gasteiger partial charge in [0.25, 0.3) is 0 Å². The molecule has 0 unspecified atom stereocenters. The molecule has 0 radical (unpaired) electrons. The van der Waals surface area contributed by atoms with Crippen LogP contribution in [0.1, 0.15) is 37.4 Å². The predicted molar refractivity (Wildman–Crippen MR) is 75.2 cm³/mol. The lowest BCUT2D eigenvalue weighted by molar-refractivity contribution is 0.352. The van der Waals surface area contributed by atoms with Crippen LogP contribution in [-0.2, 0) is 0 Å². The summed E-state index contributed by atoms with van der Waals surface area (Å²) in [7, 11) is 2.05. The molecule has 3 nitrogen and oxygen atoms in total. The van der Waals surface area contributed by atoms with E-state index in [0.717, 1.165) is 21.9 Å². The van der Waals surface area contributed by atoms with Gasteiger partial charge in [0.2, 0.25) is 0 Å². The highest BCUT2D eigenvalue weighted by Gasteiger charge is 2.23. The molecular formula is C14H18ClN3. The van der Waals surface area contributed by atoms with Gasteiger partial charge < -0.3 is 10.3 Å². The Kier molecular flexibility index (Phi) is 3.27. The van der Waals surface area contributed by atoms with Crippen LogP contribution in [0.2, 0.25) is 5.02 Å². The summed E-state index contributed by atoms with van der Waals surface area (Å²) in [6.07, 6.45) is 4.88. The van der Waals surface area contributed by atoms with Gasteiger partial charge in [-0.15, -0.1) is 0 Å². The summed E-state index contributed by atoms with van der Waals surface area (Å²) in [5.74, 6) is 1.70. The summed E-state index contributed by atoms with van der Waals surface area (Å²) in [4.78, 5) is 8.12. The Morgan fingerprint density at radius 3 is 2.78 bits per heavy atom. The molecule has 0 amide bonds. The fourth-order valence-corrected chi connectivity index (χ4v) is 3.02. The summed E-state index contributed by atoms with van der Waals surface area (Å²) in [6, 6.07) is 6.51. The Hall–Kier alpha value is -1.06. The fourth-order valence-electron chi connectivity index (χ4n) is 2.85. The van der Waals surface area contributed by atoms with Crippen molar-refractivity contribution in [3.63, 3.8) is 0 Å². The van der Waals surface area contributed by atoms with Crippen molar-refractivity contribution >= 4 is 22.6 Å². The van der Waals surface area contributed by atoms with E-state index in [1.165, 1.54) is 25.7 Å². The number of hydrogen-bond acceptors (Lipinski definition) is 2. The molecule has 0 atom stereocenters. The van der Waals surface area contributed by atoms with Crippen LogP contribution < -0.4 is 5.32 Å². The van der Waals surface area contributed by atoms with Gasteiger partial charge in [-0.25, -0.2) is 4.98 Å². The fraction of sp³-hybridized carbons (Fsp3) is 0.500. The van der Waals surface area contributed by atoms with E-state index >= 15 is 0 Å². The van der Waals surface area contributed by atoms with Crippen LogP contribution in [0.4, 0.5) is 0 Å². The first-order valence-electron chi connectivity index (χ1n) is 6.58. The van der Waals surface area contributed by atoms with E-state index in [2.05, 4.69) is 10.3 Å². The molecule has 2 N–H and O–H groups in total. The number of hydrogen-bond donors (Lipinski definition) is 2. The van der Waals surface area contributed by atoms with Crippen molar-refractivity contribution in [1.82, 2.24) is 15.3 Å². The van der Waals surface area contributed by atoms with E-state index in [4.69, 9.17) is 16.6 Å². The van der Waals surface area contributed by atoms with Crippen LogP contribution >= 0.6 is 11.6 Å². The molecule has 0 saturated heterocycles. The zero-order chi connectivity index (χ0) is 12.5. The third kappa shape index (κ3) is 2.25. The molecule has 1 heterocycles. The van der Waals surface area contributed by atoms with Crippen molar-refractivity contribution in [1.29, 1.82) is 0 Å².